The Balaban J connectivity index is 1.29. The molecule has 0 spiro atoms. The molecule has 0 fully saturated rings. The number of pyridine rings is 1. The highest BCUT2D eigenvalue weighted by Crippen LogP contribution is 2.51. The molecular formula is C65H80N4O. The van der Waals surface area contributed by atoms with Gasteiger partial charge >= 0.3 is 0 Å². The molecule has 2 aliphatic heterocycles. The fourth-order valence-corrected chi connectivity index (χ4v) is 12.1. The van der Waals surface area contributed by atoms with E-state index in [0.717, 1.165) is 51.9 Å². The van der Waals surface area contributed by atoms with E-state index >= 15 is 0 Å². The van der Waals surface area contributed by atoms with Gasteiger partial charge in [-0.15, -0.1) is 0 Å². The van der Waals surface area contributed by atoms with E-state index in [4.69, 9.17) is 14.7 Å². The van der Waals surface area contributed by atoms with E-state index in [1.165, 1.54) is 77.6 Å². The Hall–Kier alpha value is -5.68. The van der Waals surface area contributed by atoms with Crippen LogP contribution in [0.1, 0.15) is 165 Å². The number of nitrogens with zero attached hydrogens (tertiary/aromatic N) is 4. The van der Waals surface area contributed by atoms with Crippen molar-refractivity contribution in [3.63, 3.8) is 0 Å². The standard InChI is InChI=1S/C65H80N4O/c1-36(2)56(37(3)4)53-35-68(48-30-45(62(10,11)12)29-46(31-48)63(13,14)15)60(67-53)44-26-43(57-39(6)22-21-38(5)42(57)9)27-49(28-44)70-55-34-54-50(25-41(55)8)51-32-47(64(16,17)18)33-52-59(51)69(54)61-58(65(52,19)20)40(7)23-24-66-61/h21-34,36-37,53,56H,35H2,1-20H3/t53-/m0/s1. The highest BCUT2D eigenvalue weighted by Gasteiger charge is 2.40. The molecule has 366 valence electrons. The molecule has 0 aliphatic carbocycles. The maximum Gasteiger partial charge on any atom is 0.141 e. The Morgan fingerprint density at radius 2 is 1.23 bits per heavy atom. The number of benzene rings is 5. The summed E-state index contributed by atoms with van der Waals surface area (Å²) >= 11 is 0. The van der Waals surface area contributed by atoms with E-state index in [0.29, 0.717) is 17.8 Å². The number of hydrogen-bond acceptors (Lipinski definition) is 4. The number of ether oxygens (including phenoxy) is 1. The molecule has 5 heteroatoms. The number of amidine groups is 1. The van der Waals surface area contributed by atoms with Crippen molar-refractivity contribution in [2.75, 3.05) is 11.4 Å². The second-order valence-electron chi connectivity index (χ2n) is 25.6. The van der Waals surface area contributed by atoms with Crippen LogP contribution in [0, 0.1) is 52.4 Å². The lowest BCUT2D eigenvalue weighted by Crippen LogP contribution is -2.35. The average Bonchev–Trinajstić information content (AvgIpc) is 3.82. The number of aromatic nitrogens is 2. The summed E-state index contributed by atoms with van der Waals surface area (Å²) in [6, 6.07) is 30.5. The molecule has 0 radical (unpaired) electrons. The average molecular weight is 933 g/mol. The Morgan fingerprint density at radius 1 is 0.629 bits per heavy atom. The molecular weight excluding hydrogens is 853 g/mol. The van der Waals surface area contributed by atoms with Crippen LogP contribution >= 0.6 is 0 Å². The topological polar surface area (TPSA) is 42.6 Å². The lowest BCUT2D eigenvalue weighted by Gasteiger charge is -2.36. The van der Waals surface area contributed by atoms with Gasteiger partial charge in [-0.2, -0.15) is 0 Å². The van der Waals surface area contributed by atoms with Gasteiger partial charge in [0, 0.05) is 51.8 Å². The molecule has 0 bridgehead atoms. The van der Waals surface area contributed by atoms with E-state index in [1.54, 1.807) is 0 Å². The fraction of sp³-hybridized carbons (Fsp3) is 0.446. The lowest BCUT2D eigenvalue weighted by atomic mass is 9.72. The SMILES string of the molecule is Cc1cc2c3cc(C(C)(C)C)cc4c3n(c2cc1Oc1cc(C2=N[C@H](C(C(C)C)C(C)C)CN2c2cc(C(C)(C)C)cc(C(C)(C)C)c2)cc(-c2c(C)ccc(C)c2C)c1)-c1nccc(C)c1C4(C)C. The predicted octanol–water partition coefficient (Wildman–Crippen LogP) is 17.3. The first kappa shape index (κ1) is 49.3. The molecule has 0 saturated carbocycles. The zero-order chi connectivity index (χ0) is 50.9. The first-order chi connectivity index (χ1) is 32.6. The van der Waals surface area contributed by atoms with Gasteiger partial charge in [0.15, 0.2) is 0 Å². The first-order valence-electron chi connectivity index (χ1n) is 26.1. The summed E-state index contributed by atoms with van der Waals surface area (Å²) in [6.07, 6.45) is 1.97. The molecule has 70 heavy (non-hydrogen) atoms. The van der Waals surface area contributed by atoms with Crippen molar-refractivity contribution < 1.29 is 4.74 Å². The molecule has 0 amide bonds. The van der Waals surface area contributed by atoms with Crippen molar-refractivity contribution in [2.45, 2.75) is 166 Å². The third kappa shape index (κ3) is 8.37. The summed E-state index contributed by atoms with van der Waals surface area (Å²) in [5, 5.41) is 2.49. The number of rotatable bonds is 8. The molecule has 1 atom stereocenters. The number of aliphatic imine (C=N–C) groups is 1. The quantitative estimate of drug-likeness (QED) is 0.152. The van der Waals surface area contributed by atoms with Gasteiger partial charge < -0.3 is 9.64 Å². The van der Waals surface area contributed by atoms with E-state index in [9.17, 15) is 0 Å². The number of fused-ring (bicyclic) bond motifs is 5. The Labute approximate surface area is 420 Å². The molecule has 2 aromatic heterocycles. The van der Waals surface area contributed by atoms with Gasteiger partial charge in [-0.25, -0.2) is 4.98 Å². The van der Waals surface area contributed by atoms with Crippen LogP contribution in [0.4, 0.5) is 5.69 Å². The smallest absolute Gasteiger partial charge is 0.141 e. The van der Waals surface area contributed by atoms with Gasteiger partial charge in [-0.1, -0.05) is 128 Å². The summed E-state index contributed by atoms with van der Waals surface area (Å²) in [7, 11) is 0. The van der Waals surface area contributed by atoms with Gasteiger partial charge in [-0.05, 0) is 178 Å². The van der Waals surface area contributed by atoms with E-state index < -0.39 is 0 Å². The molecule has 5 aromatic carbocycles. The minimum absolute atomic E-state index is 0.0256. The van der Waals surface area contributed by atoms with Crippen molar-refractivity contribution in [3.05, 3.63) is 146 Å². The second-order valence-corrected chi connectivity index (χ2v) is 25.6. The van der Waals surface area contributed by atoms with Crippen LogP contribution in [0.2, 0.25) is 0 Å². The summed E-state index contributed by atoms with van der Waals surface area (Å²) in [5.41, 5.74) is 19.5. The number of hydrogen-bond donors (Lipinski definition) is 0. The minimum atomic E-state index is -0.239. The normalized spacial score (nSPS) is 16.1. The third-order valence-corrected chi connectivity index (χ3v) is 16.2. The lowest BCUT2D eigenvalue weighted by molar-refractivity contribution is 0.247. The molecule has 0 N–H and O–H groups in total. The van der Waals surface area contributed by atoms with Crippen LogP contribution in [0.25, 0.3) is 38.8 Å². The molecule has 0 unspecified atom stereocenters. The zero-order valence-electron chi connectivity index (χ0n) is 46.3. The molecule has 5 nitrogen and oxygen atoms in total. The monoisotopic (exact) mass is 933 g/mol. The van der Waals surface area contributed by atoms with Gasteiger partial charge in [0.1, 0.15) is 23.2 Å². The molecule has 0 saturated heterocycles. The second kappa shape index (κ2) is 17.0. The van der Waals surface area contributed by atoms with E-state index in [-0.39, 0.29) is 27.7 Å². The predicted molar refractivity (Wildman–Crippen MR) is 300 cm³/mol. The molecule has 2 aliphatic rings. The highest BCUT2D eigenvalue weighted by atomic mass is 16.5. The Bertz CT molecular complexity index is 3220. The third-order valence-electron chi connectivity index (χ3n) is 16.2. The van der Waals surface area contributed by atoms with Crippen LogP contribution in [0.5, 0.6) is 11.5 Å². The van der Waals surface area contributed by atoms with Gasteiger partial charge in [0.05, 0.1) is 17.1 Å². The summed E-state index contributed by atoms with van der Waals surface area (Å²) in [6.45, 7) is 47.2. The first-order valence-corrected chi connectivity index (χ1v) is 26.1. The van der Waals surface area contributed by atoms with Gasteiger partial charge in [-0.3, -0.25) is 9.56 Å². The van der Waals surface area contributed by atoms with Crippen molar-refractivity contribution in [2.24, 2.45) is 22.7 Å². The molecule has 4 heterocycles. The maximum absolute atomic E-state index is 7.38. The highest BCUT2D eigenvalue weighted by molar-refractivity contribution is 6.13. The van der Waals surface area contributed by atoms with E-state index in [2.05, 4.69) is 227 Å². The number of aryl methyl sites for hydroxylation is 4. The Kier molecular flexibility index (Phi) is 12.0. The number of anilines is 1. The van der Waals surface area contributed by atoms with Crippen LogP contribution in [-0.2, 0) is 21.7 Å². The molecule has 7 aromatic rings. The van der Waals surface area contributed by atoms with Crippen LogP contribution in [-0.4, -0.2) is 28.0 Å². The zero-order valence-corrected chi connectivity index (χ0v) is 46.3. The van der Waals surface area contributed by atoms with Crippen LogP contribution < -0.4 is 9.64 Å². The fourth-order valence-electron chi connectivity index (χ4n) is 12.1. The summed E-state index contributed by atoms with van der Waals surface area (Å²) in [5.74, 6) is 5.01. The maximum atomic E-state index is 7.38. The van der Waals surface area contributed by atoms with Crippen molar-refractivity contribution in [1.82, 2.24) is 9.55 Å². The van der Waals surface area contributed by atoms with Gasteiger partial charge in [0.2, 0.25) is 0 Å². The van der Waals surface area contributed by atoms with Crippen molar-refractivity contribution in [3.8, 4) is 28.4 Å². The molecule has 9 rings (SSSR count). The summed E-state index contributed by atoms with van der Waals surface area (Å²) in [4.78, 5) is 13.6. The largest absolute Gasteiger partial charge is 0.457 e. The summed E-state index contributed by atoms with van der Waals surface area (Å²) < 4.78 is 9.80. The van der Waals surface area contributed by atoms with Crippen LogP contribution in [0.15, 0.2) is 90.1 Å². The van der Waals surface area contributed by atoms with E-state index in [1.807, 2.05) is 6.20 Å². The van der Waals surface area contributed by atoms with Crippen molar-refractivity contribution >= 4 is 33.3 Å². The van der Waals surface area contributed by atoms with Crippen molar-refractivity contribution in [1.29, 1.82) is 0 Å². The minimum Gasteiger partial charge on any atom is -0.457 e. The van der Waals surface area contributed by atoms with Gasteiger partial charge in [0.25, 0.3) is 0 Å². The van der Waals surface area contributed by atoms with Crippen LogP contribution in [0.3, 0.4) is 0 Å². The Morgan fingerprint density at radius 3 is 1.84 bits per heavy atom.